The average Bonchev–Trinajstić information content (AvgIpc) is 3.49. The zero-order valence-electron chi connectivity index (χ0n) is 16.8. The molecule has 0 aromatic carbocycles. The number of carbonyl (C=O) groups excluding carboxylic acids is 1. The number of hydrogen-bond acceptors (Lipinski definition) is 6. The van der Waals surface area contributed by atoms with Crippen LogP contribution in [-0.2, 0) is 15.9 Å². The molecule has 156 valence electrons. The van der Waals surface area contributed by atoms with Crippen LogP contribution in [0.15, 0.2) is 22.7 Å². The van der Waals surface area contributed by atoms with Gasteiger partial charge in [0.05, 0.1) is 24.9 Å². The maximum Gasteiger partial charge on any atom is 0.287 e. The molecule has 29 heavy (non-hydrogen) atoms. The van der Waals surface area contributed by atoms with Gasteiger partial charge in [-0.3, -0.25) is 4.79 Å². The summed E-state index contributed by atoms with van der Waals surface area (Å²) in [6, 6.07) is 3.24. The first-order valence-corrected chi connectivity index (χ1v) is 10.7. The van der Waals surface area contributed by atoms with Crippen molar-refractivity contribution in [3.8, 4) is 0 Å². The van der Waals surface area contributed by atoms with Crippen LogP contribution in [0.3, 0.4) is 0 Å². The second-order valence-electron chi connectivity index (χ2n) is 8.55. The number of nitrogens with one attached hydrogen (secondary N) is 1. The lowest BCUT2D eigenvalue weighted by atomic mass is 9.86. The maximum absolute atomic E-state index is 12.4. The summed E-state index contributed by atoms with van der Waals surface area (Å²) in [4.78, 5) is 12.4. The van der Waals surface area contributed by atoms with E-state index in [4.69, 9.17) is 13.9 Å². The van der Waals surface area contributed by atoms with Crippen LogP contribution < -0.4 is 5.32 Å². The van der Waals surface area contributed by atoms with Gasteiger partial charge in [-0.2, -0.15) is 0 Å². The summed E-state index contributed by atoms with van der Waals surface area (Å²) in [6.45, 7) is 2.74. The smallest absolute Gasteiger partial charge is 0.287 e. The highest BCUT2D eigenvalue weighted by Crippen LogP contribution is 2.34. The fourth-order valence-electron chi connectivity index (χ4n) is 4.88. The highest BCUT2D eigenvalue weighted by Gasteiger charge is 2.49. The number of ether oxygens (including phenoxy) is 2. The number of aryl methyl sites for hydroxylation is 1. The van der Waals surface area contributed by atoms with Crippen LogP contribution in [-0.4, -0.2) is 52.4 Å². The molecule has 0 spiro atoms. The van der Waals surface area contributed by atoms with Crippen molar-refractivity contribution in [2.24, 2.45) is 5.92 Å². The normalized spacial score (nSPS) is 29.8. The zero-order chi connectivity index (χ0) is 19.8. The molecule has 3 aliphatic rings. The number of nitrogens with zero attached hydrogens (tertiary/aromatic N) is 3. The van der Waals surface area contributed by atoms with Crippen LogP contribution in [0.2, 0.25) is 0 Å². The molecule has 8 heteroatoms. The van der Waals surface area contributed by atoms with Crippen molar-refractivity contribution in [2.75, 3.05) is 13.2 Å². The first kappa shape index (κ1) is 18.8. The number of furan rings is 1. The lowest BCUT2D eigenvalue weighted by Gasteiger charge is -2.20. The van der Waals surface area contributed by atoms with Crippen LogP contribution >= 0.6 is 0 Å². The molecule has 4 atom stereocenters. The van der Waals surface area contributed by atoms with E-state index in [1.54, 1.807) is 12.1 Å². The number of amides is 1. The van der Waals surface area contributed by atoms with E-state index in [2.05, 4.69) is 15.6 Å². The van der Waals surface area contributed by atoms with E-state index in [-0.39, 0.29) is 30.2 Å². The summed E-state index contributed by atoms with van der Waals surface area (Å²) in [6.07, 6.45) is 9.34. The van der Waals surface area contributed by atoms with Crippen molar-refractivity contribution >= 4 is 5.91 Å². The van der Waals surface area contributed by atoms with Crippen molar-refractivity contribution in [1.82, 2.24) is 20.3 Å². The Hall–Kier alpha value is -2.19. The molecule has 3 fully saturated rings. The van der Waals surface area contributed by atoms with E-state index in [0.29, 0.717) is 24.7 Å². The molecule has 5 rings (SSSR count). The van der Waals surface area contributed by atoms with Gasteiger partial charge in [0.25, 0.3) is 5.91 Å². The monoisotopic (exact) mass is 400 g/mol. The quantitative estimate of drug-likeness (QED) is 0.829. The second-order valence-corrected chi connectivity index (χ2v) is 8.55. The summed E-state index contributed by atoms with van der Waals surface area (Å²) in [5.41, 5.74) is 1.05. The van der Waals surface area contributed by atoms with Crippen LogP contribution in [0.5, 0.6) is 0 Å². The Balaban J connectivity index is 1.20. The Morgan fingerprint density at radius 2 is 2.00 bits per heavy atom. The van der Waals surface area contributed by atoms with Crippen molar-refractivity contribution in [3.05, 3.63) is 35.5 Å². The summed E-state index contributed by atoms with van der Waals surface area (Å²) in [5.74, 6) is 1.51. The SMILES string of the molecule is Cc1ccc(C(=O)N[C@H]2CO[C@H]3[C@@H]2OC[C@@H]3n2cc(CC3CCCCC3)nn2)o1. The van der Waals surface area contributed by atoms with Gasteiger partial charge in [-0.1, -0.05) is 37.3 Å². The summed E-state index contributed by atoms with van der Waals surface area (Å²) >= 11 is 0. The summed E-state index contributed by atoms with van der Waals surface area (Å²) < 4.78 is 19.3. The fourth-order valence-corrected chi connectivity index (χ4v) is 4.88. The molecule has 2 aromatic heterocycles. The molecule has 2 aromatic rings. The maximum atomic E-state index is 12.4. The molecule has 0 bridgehead atoms. The van der Waals surface area contributed by atoms with E-state index < -0.39 is 0 Å². The van der Waals surface area contributed by atoms with Crippen molar-refractivity contribution in [3.63, 3.8) is 0 Å². The Bertz CT molecular complexity index is 856. The predicted molar refractivity (Wildman–Crippen MR) is 104 cm³/mol. The van der Waals surface area contributed by atoms with Gasteiger partial charge < -0.3 is 19.2 Å². The van der Waals surface area contributed by atoms with Gasteiger partial charge >= 0.3 is 0 Å². The molecule has 1 saturated carbocycles. The first-order chi connectivity index (χ1) is 14.2. The number of fused-ring (bicyclic) bond motifs is 1. The van der Waals surface area contributed by atoms with Gasteiger partial charge in [-0.05, 0) is 31.4 Å². The Morgan fingerprint density at radius 1 is 1.17 bits per heavy atom. The summed E-state index contributed by atoms with van der Waals surface area (Å²) in [5, 5.41) is 11.7. The van der Waals surface area contributed by atoms with Gasteiger partial charge in [-0.25, -0.2) is 4.68 Å². The Labute approximate surface area is 169 Å². The van der Waals surface area contributed by atoms with E-state index in [1.807, 2.05) is 17.8 Å². The molecular formula is C21H28N4O4. The molecule has 8 nitrogen and oxygen atoms in total. The summed E-state index contributed by atoms with van der Waals surface area (Å²) in [7, 11) is 0. The number of hydrogen-bond donors (Lipinski definition) is 1. The standard InChI is InChI=1S/C21H28N4O4/c1-13-7-8-18(29-13)21(26)22-16-11-27-20-17(12-28-19(16)20)25-10-15(23-24-25)9-14-5-3-2-4-6-14/h7-8,10,14,16-17,19-20H,2-6,9,11-12H2,1H3,(H,22,26)/t16-,17-,19+,20+/m0/s1. The minimum atomic E-state index is -0.241. The lowest BCUT2D eigenvalue weighted by Crippen LogP contribution is -2.44. The number of aromatic nitrogens is 3. The second kappa shape index (κ2) is 7.91. The molecule has 0 radical (unpaired) electrons. The topological polar surface area (TPSA) is 91.4 Å². The third kappa shape index (κ3) is 3.83. The van der Waals surface area contributed by atoms with Gasteiger partial charge in [0.1, 0.15) is 24.0 Å². The number of carbonyl (C=O) groups is 1. The van der Waals surface area contributed by atoms with Gasteiger partial charge in [0.15, 0.2) is 5.76 Å². The Kier molecular flexibility index (Phi) is 5.13. The van der Waals surface area contributed by atoms with Gasteiger partial charge in [-0.15, -0.1) is 5.10 Å². The average molecular weight is 400 g/mol. The highest BCUT2D eigenvalue weighted by atomic mass is 16.6. The number of rotatable bonds is 5. The lowest BCUT2D eigenvalue weighted by molar-refractivity contribution is 0.0612. The molecule has 1 amide bonds. The fraction of sp³-hybridized carbons (Fsp3) is 0.667. The van der Waals surface area contributed by atoms with Crippen molar-refractivity contribution in [1.29, 1.82) is 0 Å². The molecule has 0 unspecified atom stereocenters. The van der Waals surface area contributed by atoms with E-state index >= 15 is 0 Å². The van der Waals surface area contributed by atoms with Crippen molar-refractivity contribution < 1.29 is 18.7 Å². The van der Waals surface area contributed by atoms with Crippen LogP contribution in [0, 0.1) is 12.8 Å². The van der Waals surface area contributed by atoms with Crippen molar-refractivity contribution in [2.45, 2.75) is 69.7 Å². The van der Waals surface area contributed by atoms with Crippen LogP contribution in [0.4, 0.5) is 0 Å². The van der Waals surface area contributed by atoms with Crippen LogP contribution in [0.25, 0.3) is 0 Å². The minimum absolute atomic E-state index is 0.0136. The molecule has 1 N–H and O–H groups in total. The minimum Gasteiger partial charge on any atom is -0.456 e. The highest BCUT2D eigenvalue weighted by molar-refractivity contribution is 5.91. The molecular weight excluding hydrogens is 372 g/mol. The van der Waals surface area contributed by atoms with Crippen LogP contribution in [0.1, 0.15) is 60.2 Å². The van der Waals surface area contributed by atoms with Gasteiger partial charge in [0, 0.05) is 6.20 Å². The molecule has 1 aliphatic carbocycles. The molecule has 4 heterocycles. The van der Waals surface area contributed by atoms with Gasteiger partial charge in [0.2, 0.25) is 0 Å². The van der Waals surface area contributed by atoms with E-state index in [0.717, 1.165) is 18.0 Å². The molecule has 2 saturated heterocycles. The van der Waals surface area contributed by atoms with E-state index in [1.165, 1.54) is 32.1 Å². The third-order valence-corrected chi connectivity index (χ3v) is 6.43. The third-order valence-electron chi connectivity index (χ3n) is 6.43. The Morgan fingerprint density at radius 3 is 2.79 bits per heavy atom. The zero-order valence-corrected chi connectivity index (χ0v) is 16.8. The first-order valence-electron chi connectivity index (χ1n) is 10.7. The predicted octanol–water partition coefficient (Wildman–Crippen LogP) is 2.44. The molecule has 2 aliphatic heterocycles. The largest absolute Gasteiger partial charge is 0.456 e. The van der Waals surface area contributed by atoms with E-state index in [9.17, 15) is 4.79 Å².